The van der Waals surface area contributed by atoms with Gasteiger partial charge in [0.25, 0.3) is 11.6 Å². The van der Waals surface area contributed by atoms with Gasteiger partial charge in [-0.3, -0.25) is 19.7 Å². The number of non-ortho nitro benzene ring substituents is 1. The molecule has 10 heteroatoms. The lowest BCUT2D eigenvalue weighted by atomic mass is 9.94. The summed E-state index contributed by atoms with van der Waals surface area (Å²) in [4.78, 5) is 35.2. The Kier molecular flexibility index (Phi) is 10.4. The molecule has 0 aromatic heterocycles. The van der Waals surface area contributed by atoms with Crippen LogP contribution in [0.25, 0.3) is 0 Å². The number of hydrogen-bond acceptors (Lipinski definition) is 5. The van der Waals surface area contributed by atoms with E-state index in [1.807, 2.05) is 13.8 Å². The monoisotopic (exact) mass is 434 g/mol. The predicted octanol–water partition coefficient (Wildman–Crippen LogP) is 3.06. The van der Waals surface area contributed by atoms with E-state index in [0.29, 0.717) is 19.4 Å². The van der Waals surface area contributed by atoms with Gasteiger partial charge in [-0.25, -0.2) is 0 Å². The van der Waals surface area contributed by atoms with E-state index in [4.69, 9.17) is 17.3 Å². The van der Waals surface area contributed by atoms with Gasteiger partial charge < -0.3 is 16.4 Å². The molecule has 4 N–H and O–H groups in total. The fraction of sp³-hybridized carbons (Fsp3) is 0.556. The third kappa shape index (κ3) is 6.92. The van der Waals surface area contributed by atoms with Crippen LogP contribution in [0.4, 0.5) is 5.69 Å². The Morgan fingerprint density at radius 1 is 1.29 bits per heavy atom. The fourth-order valence-electron chi connectivity index (χ4n) is 2.43. The second kappa shape index (κ2) is 11.2. The molecule has 1 unspecified atom stereocenters. The zero-order chi connectivity index (χ0) is 20.8. The highest BCUT2D eigenvalue weighted by molar-refractivity contribution is 6.34. The van der Waals surface area contributed by atoms with Gasteiger partial charge in [0, 0.05) is 24.2 Å². The van der Waals surface area contributed by atoms with E-state index < -0.39 is 22.4 Å². The van der Waals surface area contributed by atoms with Gasteiger partial charge in [0.15, 0.2) is 0 Å². The van der Waals surface area contributed by atoms with Crippen molar-refractivity contribution < 1.29 is 14.5 Å². The van der Waals surface area contributed by atoms with Gasteiger partial charge >= 0.3 is 0 Å². The number of nitro benzene ring substituents is 1. The number of benzene rings is 1. The van der Waals surface area contributed by atoms with Crippen molar-refractivity contribution in [3.63, 3.8) is 0 Å². The zero-order valence-corrected chi connectivity index (χ0v) is 18.0. The Morgan fingerprint density at radius 2 is 1.86 bits per heavy atom. The molecule has 1 rings (SSSR count). The Morgan fingerprint density at radius 3 is 2.29 bits per heavy atom. The van der Waals surface area contributed by atoms with Crippen LogP contribution in [0.5, 0.6) is 0 Å². The highest BCUT2D eigenvalue weighted by Crippen LogP contribution is 2.22. The van der Waals surface area contributed by atoms with E-state index in [9.17, 15) is 19.7 Å². The van der Waals surface area contributed by atoms with E-state index in [1.165, 1.54) is 12.1 Å². The average Bonchev–Trinajstić information content (AvgIpc) is 2.63. The molecule has 0 spiro atoms. The number of carbonyl (C=O) groups excluding carboxylic acids is 2. The van der Waals surface area contributed by atoms with Crippen molar-refractivity contribution in [1.82, 2.24) is 10.6 Å². The van der Waals surface area contributed by atoms with E-state index >= 15 is 0 Å². The smallest absolute Gasteiger partial charge is 0.270 e. The Bertz CT molecular complexity index is 709. The Hall–Kier alpha value is -1.90. The first-order valence-electron chi connectivity index (χ1n) is 8.86. The summed E-state index contributed by atoms with van der Waals surface area (Å²) in [6, 6.07) is 2.77. The van der Waals surface area contributed by atoms with Gasteiger partial charge in [-0.05, 0) is 24.8 Å². The van der Waals surface area contributed by atoms with Crippen molar-refractivity contribution in [2.45, 2.75) is 52.1 Å². The molecule has 8 nitrogen and oxygen atoms in total. The maximum atomic E-state index is 12.6. The number of nitrogens with zero attached hydrogens (tertiary/aromatic N) is 1. The Balaban J connectivity index is 0.00000729. The first kappa shape index (κ1) is 26.1. The van der Waals surface area contributed by atoms with Gasteiger partial charge in [-0.15, -0.1) is 12.4 Å². The lowest BCUT2D eigenvalue weighted by Crippen LogP contribution is -2.55. The van der Waals surface area contributed by atoms with E-state index in [2.05, 4.69) is 10.6 Å². The number of nitro groups is 1. The fourth-order valence-corrected chi connectivity index (χ4v) is 2.69. The molecule has 158 valence electrons. The number of hydrogen-bond donors (Lipinski definition) is 3. The largest absolute Gasteiger partial charge is 0.352 e. The van der Waals surface area contributed by atoms with E-state index in [1.54, 1.807) is 13.8 Å². The molecule has 1 aromatic carbocycles. The minimum Gasteiger partial charge on any atom is -0.352 e. The lowest BCUT2D eigenvalue weighted by Gasteiger charge is -2.29. The third-order valence-corrected chi connectivity index (χ3v) is 4.98. The van der Waals surface area contributed by atoms with Crippen molar-refractivity contribution >= 4 is 41.5 Å². The summed E-state index contributed by atoms with van der Waals surface area (Å²) >= 11 is 5.99. The SMILES string of the molecule is CCC(N)(CC)CNC(=O)C(NC(=O)c1ccc([N+](=O)[O-])cc1Cl)C(C)C.Cl. The number of nitrogens with two attached hydrogens (primary N) is 1. The van der Waals surface area contributed by atoms with Crippen molar-refractivity contribution in [3.8, 4) is 0 Å². The van der Waals surface area contributed by atoms with Gasteiger partial charge in [-0.1, -0.05) is 39.3 Å². The van der Waals surface area contributed by atoms with Gasteiger partial charge in [-0.2, -0.15) is 0 Å². The summed E-state index contributed by atoms with van der Waals surface area (Å²) in [6.45, 7) is 7.81. The Labute approximate surface area is 176 Å². The van der Waals surface area contributed by atoms with Crippen molar-refractivity contribution in [1.29, 1.82) is 0 Å². The minimum atomic E-state index is -0.790. The molecule has 0 aliphatic rings. The summed E-state index contributed by atoms with van der Waals surface area (Å²) in [6.07, 6.45) is 1.42. The van der Waals surface area contributed by atoms with Crippen LogP contribution in [0, 0.1) is 16.0 Å². The maximum absolute atomic E-state index is 12.6. The molecule has 1 aromatic rings. The van der Waals surface area contributed by atoms with Crippen molar-refractivity contribution in [2.24, 2.45) is 11.7 Å². The number of rotatable bonds is 9. The number of halogens is 2. The van der Waals surface area contributed by atoms with Crippen LogP contribution < -0.4 is 16.4 Å². The molecule has 0 saturated carbocycles. The van der Waals surface area contributed by atoms with Crippen LogP contribution >= 0.6 is 24.0 Å². The molecule has 1 atom stereocenters. The molecule has 0 fully saturated rings. The molecule has 0 saturated heterocycles. The lowest BCUT2D eigenvalue weighted by molar-refractivity contribution is -0.384. The molecule has 0 aliphatic carbocycles. The molecule has 2 amide bonds. The highest BCUT2D eigenvalue weighted by Gasteiger charge is 2.28. The molecule has 28 heavy (non-hydrogen) atoms. The van der Waals surface area contributed by atoms with E-state index in [-0.39, 0.29) is 40.5 Å². The molecule has 0 radical (unpaired) electrons. The van der Waals surface area contributed by atoms with Gasteiger partial charge in [0.1, 0.15) is 6.04 Å². The summed E-state index contributed by atoms with van der Waals surface area (Å²) < 4.78 is 0. The maximum Gasteiger partial charge on any atom is 0.270 e. The third-order valence-electron chi connectivity index (χ3n) is 4.67. The molecule has 0 aliphatic heterocycles. The summed E-state index contributed by atoms with van der Waals surface area (Å²) in [7, 11) is 0. The highest BCUT2D eigenvalue weighted by atomic mass is 35.5. The van der Waals surface area contributed by atoms with Gasteiger partial charge in [0.05, 0.1) is 15.5 Å². The minimum absolute atomic E-state index is 0. The quantitative estimate of drug-likeness (QED) is 0.406. The van der Waals surface area contributed by atoms with Crippen LogP contribution in [0.15, 0.2) is 18.2 Å². The standard InChI is InChI=1S/C18H27ClN4O4.ClH/c1-5-18(20,6-2)10-21-17(25)15(11(3)4)22-16(24)13-8-7-12(23(26)27)9-14(13)19;/h7-9,11,15H,5-6,10,20H2,1-4H3,(H,21,25)(H,22,24);1H. The molecular formula is C18H28Cl2N4O4. The van der Waals surface area contributed by atoms with Crippen LogP contribution in [0.3, 0.4) is 0 Å². The van der Waals surface area contributed by atoms with Crippen LogP contribution in [0.1, 0.15) is 50.9 Å². The second-order valence-corrected chi connectivity index (χ2v) is 7.31. The first-order valence-corrected chi connectivity index (χ1v) is 9.23. The van der Waals surface area contributed by atoms with Crippen LogP contribution in [-0.4, -0.2) is 34.9 Å². The topological polar surface area (TPSA) is 127 Å². The van der Waals surface area contributed by atoms with Gasteiger partial charge in [0.2, 0.25) is 5.91 Å². The number of carbonyl (C=O) groups is 2. The summed E-state index contributed by atoms with van der Waals surface area (Å²) in [5.41, 5.74) is 5.55. The zero-order valence-electron chi connectivity index (χ0n) is 16.5. The molecule has 0 bridgehead atoms. The number of nitrogens with one attached hydrogen (secondary N) is 2. The average molecular weight is 435 g/mol. The first-order chi connectivity index (χ1) is 12.5. The van der Waals surface area contributed by atoms with Crippen LogP contribution in [-0.2, 0) is 4.79 Å². The summed E-state index contributed by atoms with van der Waals surface area (Å²) in [5, 5.41) is 16.2. The normalized spacial score (nSPS) is 12.1. The van der Waals surface area contributed by atoms with Crippen LogP contribution in [0.2, 0.25) is 5.02 Å². The summed E-state index contributed by atoms with van der Waals surface area (Å²) in [5.74, 6) is -1.09. The second-order valence-electron chi connectivity index (χ2n) is 6.90. The van der Waals surface area contributed by atoms with Crippen molar-refractivity contribution in [2.75, 3.05) is 6.54 Å². The molecule has 0 heterocycles. The number of amides is 2. The van der Waals surface area contributed by atoms with E-state index in [0.717, 1.165) is 6.07 Å². The van der Waals surface area contributed by atoms with Crippen molar-refractivity contribution in [3.05, 3.63) is 38.9 Å². The predicted molar refractivity (Wildman–Crippen MR) is 112 cm³/mol. The molecular weight excluding hydrogens is 407 g/mol.